The Hall–Kier alpha value is -4.37. The molecule has 1 aliphatic heterocycles. The quantitative estimate of drug-likeness (QED) is 0.121. The van der Waals surface area contributed by atoms with Gasteiger partial charge in [-0.3, -0.25) is 14.5 Å². The Morgan fingerprint density at radius 3 is 2.48 bits per heavy atom. The number of methoxy groups -OCH3 is 1. The lowest BCUT2D eigenvalue weighted by Crippen LogP contribution is -2.29. The molecule has 0 radical (unpaired) electrons. The number of hydrogen-bond acceptors (Lipinski definition) is 8. The number of benzene rings is 3. The van der Waals surface area contributed by atoms with E-state index in [-0.39, 0.29) is 11.3 Å². The van der Waals surface area contributed by atoms with Crippen molar-refractivity contribution in [1.82, 2.24) is 4.98 Å². The van der Waals surface area contributed by atoms with Gasteiger partial charge < -0.3 is 19.3 Å². The van der Waals surface area contributed by atoms with Crippen molar-refractivity contribution < 1.29 is 28.9 Å². The summed E-state index contributed by atoms with van der Waals surface area (Å²) in [5, 5.41) is 11.8. The molecule has 1 unspecified atom stereocenters. The second kappa shape index (κ2) is 12.2. The maximum Gasteiger partial charge on any atom is 0.301 e. The van der Waals surface area contributed by atoms with E-state index in [2.05, 4.69) is 13.8 Å². The highest BCUT2D eigenvalue weighted by Crippen LogP contribution is 2.46. The van der Waals surface area contributed by atoms with Gasteiger partial charge in [0.1, 0.15) is 11.5 Å². The number of anilines is 1. The van der Waals surface area contributed by atoms with Gasteiger partial charge in [0.2, 0.25) is 0 Å². The van der Waals surface area contributed by atoms with Crippen LogP contribution in [-0.2, 0) is 9.59 Å². The first kappa shape index (κ1) is 29.1. The maximum atomic E-state index is 13.7. The van der Waals surface area contributed by atoms with Crippen molar-refractivity contribution in [1.29, 1.82) is 0 Å². The van der Waals surface area contributed by atoms with Gasteiger partial charge in [-0.25, -0.2) is 4.98 Å². The molecular weight excluding hydrogens is 552 g/mol. The Balaban J connectivity index is 1.67. The molecule has 218 valence electrons. The third-order valence-electron chi connectivity index (χ3n) is 7.10. The first-order valence-corrected chi connectivity index (χ1v) is 14.8. The number of hydrogen-bond donors (Lipinski definition) is 1. The summed E-state index contributed by atoms with van der Waals surface area (Å²) < 4.78 is 18.1. The van der Waals surface area contributed by atoms with E-state index in [4.69, 9.17) is 19.2 Å². The lowest BCUT2D eigenvalue weighted by molar-refractivity contribution is -0.132. The van der Waals surface area contributed by atoms with Crippen LogP contribution in [0, 0.1) is 12.8 Å². The van der Waals surface area contributed by atoms with Gasteiger partial charge in [0.15, 0.2) is 16.6 Å². The minimum absolute atomic E-state index is 0.0170. The van der Waals surface area contributed by atoms with E-state index in [1.54, 1.807) is 43.5 Å². The van der Waals surface area contributed by atoms with Crippen LogP contribution in [-0.4, -0.2) is 42.1 Å². The molecule has 0 saturated carbocycles. The summed E-state index contributed by atoms with van der Waals surface area (Å²) in [4.78, 5) is 33.4. The molecule has 1 N–H and O–H groups in total. The Kier molecular flexibility index (Phi) is 8.49. The summed E-state index contributed by atoms with van der Waals surface area (Å²) in [6.45, 7) is 9.00. The van der Waals surface area contributed by atoms with Gasteiger partial charge in [0.25, 0.3) is 5.78 Å². The molecule has 1 aliphatic rings. The molecule has 3 aromatic carbocycles. The summed E-state index contributed by atoms with van der Waals surface area (Å²) in [5.74, 6) is 0.400. The highest BCUT2D eigenvalue weighted by molar-refractivity contribution is 7.22. The molecule has 5 rings (SSSR count). The van der Waals surface area contributed by atoms with Gasteiger partial charge in [-0.05, 0) is 62.1 Å². The van der Waals surface area contributed by atoms with Crippen LogP contribution in [0.3, 0.4) is 0 Å². The number of carbonyl (C=O) groups is 2. The number of aryl methyl sites for hydroxylation is 1. The van der Waals surface area contributed by atoms with Crippen LogP contribution in [0.5, 0.6) is 17.2 Å². The summed E-state index contributed by atoms with van der Waals surface area (Å²) in [5.41, 5.74) is 2.68. The number of fused-ring (bicyclic) bond motifs is 1. The number of ether oxygens (including phenoxy) is 3. The molecule has 0 aliphatic carbocycles. The lowest BCUT2D eigenvalue weighted by atomic mass is 9.95. The maximum absolute atomic E-state index is 13.7. The standard InChI is InChI=1S/C33H34N2O6S/c1-6-40-26-17-22(11-14-25(26)41-16-15-19(2)3)29-28(30(36)21-9-7-20(4)8-10-21)31(37)32(38)35(29)33-34-24-13-12-23(39-5)18-27(24)42-33/h7-14,17-19,29,36H,6,15-16H2,1-5H3. The van der Waals surface area contributed by atoms with Gasteiger partial charge in [-0.15, -0.1) is 0 Å². The van der Waals surface area contributed by atoms with Crippen LogP contribution < -0.4 is 19.1 Å². The van der Waals surface area contributed by atoms with Crippen molar-refractivity contribution in [3.8, 4) is 17.2 Å². The normalized spacial score (nSPS) is 16.4. The van der Waals surface area contributed by atoms with Crippen molar-refractivity contribution >= 4 is 44.1 Å². The molecule has 9 heteroatoms. The minimum atomic E-state index is -0.947. The number of amides is 1. The van der Waals surface area contributed by atoms with E-state index in [0.29, 0.717) is 58.2 Å². The second-order valence-corrected chi connectivity index (χ2v) is 11.5. The fourth-order valence-corrected chi connectivity index (χ4v) is 5.84. The van der Waals surface area contributed by atoms with Gasteiger partial charge in [0.05, 0.1) is 42.2 Å². The fraction of sp³-hybridized carbons (Fsp3) is 0.303. The average Bonchev–Trinajstić information content (AvgIpc) is 3.51. The molecule has 1 fully saturated rings. The number of aromatic nitrogens is 1. The zero-order valence-corrected chi connectivity index (χ0v) is 25.2. The number of aliphatic hydroxyl groups is 1. The Bertz CT molecular complexity index is 1660. The van der Waals surface area contributed by atoms with Crippen molar-refractivity contribution in [3.63, 3.8) is 0 Å². The van der Waals surface area contributed by atoms with Gasteiger partial charge in [-0.2, -0.15) is 0 Å². The average molecular weight is 587 g/mol. The van der Waals surface area contributed by atoms with E-state index in [1.165, 1.54) is 16.2 Å². The summed E-state index contributed by atoms with van der Waals surface area (Å²) in [6.07, 6.45) is 0.881. The molecule has 2 heterocycles. The predicted octanol–water partition coefficient (Wildman–Crippen LogP) is 7.06. The van der Waals surface area contributed by atoms with Crippen LogP contribution >= 0.6 is 11.3 Å². The van der Waals surface area contributed by atoms with Gasteiger partial charge in [-0.1, -0.05) is 61.1 Å². The zero-order valence-electron chi connectivity index (χ0n) is 24.3. The molecule has 1 atom stereocenters. The van der Waals surface area contributed by atoms with Crippen LogP contribution in [0.15, 0.2) is 66.2 Å². The van der Waals surface area contributed by atoms with Crippen molar-refractivity contribution in [2.75, 3.05) is 25.2 Å². The monoisotopic (exact) mass is 586 g/mol. The highest BCUT2D eigenvalue weighted by atomic mass is 32.1. The summed E-state index contributed by atoms with van der Waals surface area (Å²) in [6, 6.07) is 17.0. The third-order valence-corrected chi connectivity index (χ3v) is 8.11. The smallest absolute Gasteiger partial charge is 0.301 e. The van der Waals surface area contributed by atoms with E-state index in [9.17, 15) is 14.7 Å². The fourth-order valence-electron chi connectivity index (χ4n) is 4.82. The topological polar surface area (TPSA) is 98.2 Å². The number of carbonyl (C=O) groups excluding carboxylic acids is 2. The SMILES string of the molecule is CCOc1cc(C2C(=C(O)c3ccc(C)cc3)C(=O)C(=O)N2c2nc3ccc(OC)cc3s2)ccc1OCCC(C)C. The summed E-state index contributed by atoms with van der Waals surface area (Å²) in [7, 11) is 1.58. The number of thiazole rings is 1. The lowest BCUT2D eigenvalue weighted by Gasteiger charge is -2.24. The molecule has 0 bridgehead atoms. The van der Waals surface area contributed by atoms with E-state index in [0.717, 1.165) is 16.7 Å². The van der Waals surface area contributed by atoms with Crippen molar-refractivity contribution in [2.45, 2.75) is 40.2 Å². The number of Topliss-reactive ketones (excluding diaryl/α,β-unsaturated/α-hetero) is 1. The first-order chi connectivity index (χ1) is 20.2. The van der Waals surface area contributed by atoms with Crippen LogP contribution in [0.1, 0.15) is 49.9 Å². The number of nitrogens with zero attached hydrogens (tertiary/aromatic N) is 2. The Labute approximate surface area is 249 Å². The van der Waals surface area contributed by atoms with E-state index < -0.39 is 17.7 Å². The molecule has 1 amide bonds. The molecule has 4 aromatic rings. The molecule has 0 spiro atoms. The summed E-state index contributed by atoms with van der Waals surface area (Å²) >= 11 is 1.27. The molecule has 42 heavy (non-hydrogen) atoms. The van der Waals surface area contributed by atoms with Crippen LogP contribution in [0.4, 0.5) is 5.13 Å². The third kappa shape index (κ3) is 5.69. The molecule has 1 aromatic heterocycles. The zero-order chi connectivity index (χ0) is 30.0. The largest absolute Gasteiger partial charge is 0.507 e. The van der Waals surface area contributed by atoms with Gasteiger partial charge in [0, 0.05) is 5.56 Å². The van der Waals surface area contributed by atoms with Crippen molar-refractivity contribution in [3.05, 3.63) is 82.9 Å². The predicted molar refractivity (Wildman–Crippen MR) is 165 cm³/mol. The Morgan fingerprint density at radius 1 is 1.02 bits per heavy atom. The van der Waals surface area contributed by atoms with E-state index in [1.807, 2.05) is 38.1 Å². The van der Waals surface area contributed by atoms with Crippen LogP contribution in [0.2, 0.25) is 0 Å². The molecule has 1 saturated heterocycles. The second-order valence-electron chi connectivity index (χ2n) is 10.5. The number of ketones is 1. The molecule has 8 nitrogen and oxygen atoms in total. The van der Waals surface area contributed by atoms with Crippen LogP contribution in [0.25, 0.3) is 16.0 Å². The number of rotatable bonds is 10. The number of aliphatic hydroxyl groups excluding tert-OH is 1. The minimum Gasteiger partial charge on any atom is -0.507 e. The Morgan fingerprint density at radius 2 is 1.79 bits per heavy atom. The first-order valence-electron chi connectivity index (χ1n) is 13.9. The molecular formula is C33H34N2O6S. The van der Waals surface area contributed by atoms with Crippen molar-refractivity contribution in [2.24, 2.45) is 5.92 Å². The highest BCUT2D eigenvalue weighted by Gasteiger charge is 2.48. The van der Waals surface area contributed by atoms with Gasteiger partial charge >= 0.3 is 5.91 Å². The van der Waals surface area contributed by atoms with E-state index >= 15 is 0 Å².